The van der Waals surface area contributed by atoms with Gasteiger partial charge in [-0.1, -0.05) is 15.9 Å². The van der Waals surface area contributed by atoms with Crippen LogP contribution in [0.15, 0.2) is 21.5 Å². The van der Waals surface area contributed by atoms with Gasteiger partial charge < -0.3 is 9.84 Å². The van der Waals surface area contributed by atoms with Crippen LogP contribution in [0.5, 0.6) is 0 Å². The van der Waals surface area contributed by atoms with Gasteiger partial charge in [-0.05, 0) is 36.6 Å². The predicted molar refractivity (Wildman–Crippen MR) is 79.0 cm³/mol. The van der Waals surface area contributed by atoms with Gasteiger partial charge in [0.2, 0.25) is 10.0 Å². The number of ether oxygens (including phenoxy) is 1. The maximum absolute atomic E-state index is 12.7. The molecule has 1 atom stereocenters. The average Bonchev–Trinajstić information content (AvgIpc) is 2.91. The van der Waals surface area contributed by atoms with Gasteiger partial charge in [0.25, 0.3) is 0 Å². The van der Waals surface area contributed by atoms with Crippen LogP contribution in [0.2, 0.25) is 0 Å². The van der Waals surface area contributed by atoms with Gasteiger partial charge in [0, 0.05) is 24.7 Å². The first-order valence-electron chi connectivity index (χ1n) is 6.33. The minimum absolute atomic E-state index is 0.0467. The molecular weight excluding hydrogens is 346 g/mol. The number of nitrogens with zero attached hydrogens (tertiary/aromatic N) is 1. The van der Waals surface area contributed by atoms with Crippen LogP contribution >= 0.6 is 15.9 Å². The molecule has 0 saturated carbocycles. The fourth-order valence-corrected chi connectivity index (χ4v) is 4.74. The zero-order valence-electron chi connectivity index (χ0n) is 11.5. The normalized spacial score (nSPS) is 20.5. The van der Waals surface area contributed by atoms with E-state index in [0.29, 0.717) is 35.1 Å². The minimum Gasteiger partial charge on any atom is -0.392 e. The Morgan fingerprint density at radius 3 is 2.75 bits per heavy atom. The van der Waals surface area contributed by atoms with Gasteiger partial charge in [0.1, 0.15) is 0 Å². The lowest BCUT2D eigenvalue weighted by Gasteiger charge is -2.19. The molecule has 1 fully saturated rings. The van der Waals surface area contributed by atoms with E-state index in [2.05, 4.69) is 15.9 Å². The number of hydrogen-bond donors (Lipinski definition) is 1. The average molecular weight is 364 g/mol. The third kappa shape index (κ3) is 2.92. The van der Waals surface area contributed by atoms with E-state index in [4.69, 9.17) is 4.74 Å². The number of methoxy groups -OCH3 is 1. The number of hydrogen-bond acceptors (Lipinski definition) is 4. The molecule has 1 aromatic carbocycles. The molecule has 5 nitrogen and oxygen atoms in total. The molecule has 1 heterocycles. The first-order valence-corrected chi connectivity index (χ1v) is 8.56. The molecule has 1 aliphatic rings. The van der Waals surface area contributed by atoms with Crippen molar-refractivity contribution in [3.05, 3.63) is 27.7 Å². The van der Waals surface area contributed by atoms with Crippen LogP contribution in [0.25, 0.3) is 0 Å². The van der Waals surface area contributed by atoms with E-state index >= 15 is 0 Å². The summed E-state index contributed by atoms with van der Waals surface area (Å²) in [6.45, 7) is 2.39. The molecule has 20 heavy (non-hydrogen) atoms. The summed E-state index contributed by atoms with van der Waals surface area (Å²) < 4.78 is 32.8. The van der Waals surface area contributed by atoms with Crippen molar-refractivity contribution in [1.82, 2.24) is 4.31 Å². The molecule has 1 N–H and O–H groups in total. The predicted octanol–water partition coefficient (Wildman–Crippen LogP) is 1.66. The first kappa shape index (κ1) is 15.9. The molecule has 1 unspecified atom stereocenters. The number of aliphatic hydroxyl groups is 1. The van der Waals surface area contributed by atoms with Crippen LogP contribution < -0.4 is 0 Å². The third-order valence-electron chi connectivity index (χ3n) is 3.60. The summed E-state index contributed by atoms with van der Waals surface area (Å²) in [6, 6.07) is 3.27. The van der Waals surface area contributed by atoms with Crippen LogP contribution in [0.4, 0.5) is 0 Å². The van der Waals surface area contributed by atoms with Crippen molar-refractivity contribution in [1.29, 1.82) is 0 Å². The number of halogens is 1. The second kappa shape index (κ2) is 6.11. The smallest absolute Gasteiger partial charge is 0.243 e. The van der Waals surface area contributed by atoms with Crippen LogP contribution in [0.1, 0.15) is 17.5 Å². The van der Waals surface area contributed by atoms with E-state index in [1.807, 2.05) is 0 Å². The quantitative estimate of drug-likeness (QED) is 0.883. The largest absolute Gasteiger partial charge is 0.392 e. The van der Waals surface area contributed by atoms with Gasteiger partial charge in [-0.15, -0.1) is 0 Å². The molecule has 1 aliphatic heterocycles. The summed E-state index contributed by atoms with van der Waals surface area (Å²) in [7, 11) is -1.96. The number of sulfonamides is 1. The zero-order valence-corrected chi connectivity index (χ0v) is 13.9. The number of benzene rings is 1. The van der Waals surface area contributed by atoms with Crippen LogP contribution in [0.3, 0.4) is 0 Å². The zero-order chi connectivity index (χ0) is 14.9. The maximum Gasteiger partial charge on any atom is 0.243 e. The van der Waals surface area contributed by atoms with Crippen LogP contribution in [-0.2, 0) is 21.4 Å². The molecule has 7 heteroatoms. The molecule has 0 spiro atoms. The topological polar surface area (TPSA) is 66.8 Å². The van der Waals surface area contributed by atoms with Gasteiger partial charge in [0.15, 0.2) is 0 Å². The summed E-state index contributed by atoms with van der Waals surface area (Å²) in [5.74, 6) is 0. The van der Waals surface area contributed by atoms with Gasteiger partial charge in [-0.2, -0.15) is 4.31 Å². The molecule has 2 rings (SSSR count). The Bertz CT molecular complexity index is 603. The van der Waals surface area contributed by atoms with E-state index in [0.717, 1.165) is 0 Å². The molecule has 0 bridgehead atoms. The Balaban J connectivity index is 2.42. The first-order chi connectivity index (χ1) is 9.40. The van der Waals surface area contributed by atoms with Crippen molar-refractivity contribution in [2.45, 2.75) is 31.0 Å². The third-order valence-corrected chi connectivity index (χ3v) is 6.41. The van der Waals surface area contributed by atoms with Crippen LogP contribution in [0, 0.1) is 6.92 Å². The van der Waals surface area contributed by atoms with Gasteiger partial charge in [-0.3, -0.25) is 0 Å². The summed E-state index contributed by atoms with van der Waals surface area (Å²) in [5, 5.41) is 9.24. The second-order valence-corrected chi connectivity index (χ2v) is 7.63. The summed E-state index contributed by atoms with van der Waals surface area (Å²) >= 11 is 3.35. The molecule has 1 saturated heterocycles. The lowest BCUT2D eigenvalue weighted by molar-refractivity contribution is 0.115. The molecule has 0 radical (unpaired) electrons. The van der Waals surface area contributed by atoms with Crippen molar-refractivity contribution >= 4 is 26.0 Å². The Morgan fingerprint density at radius 2 is 2.20 bits per heavy atom. The summed E-state index contributed by atoms with van der Waals surface area (Å²) in [6.07, 6.45) is 0.657. The molecule has 112 valence electrons. The Morgan fingerprint density at radius 1 is 1.50 bits per heavy atom. The molecular formula is C13H18BrNO4S. The van der Waals surface area contributed by atoms with E-state index in [9.17, 15) is 13.5 Å². The highest BCUT2D eigenvalue weighted by atomic mass is 79.9. The fourth-order valence-electron chi connectivity index (χ4n) is 2.31. The fraction of sp³-hybridized carbons (Fsp3) is 0.538. The van der Waals surface area contributed by atoms with E-state index < -0.39 is 10.0 Å². The van der Waals surface area contributed by atoms with E-state index in [1.165, 1.54) is 10.4 Å². The summed E-state index contributed by atoms with van der Waals surface area (Å²) in [5.41, 5.74) is 1.23. The standard InChI is InChI=1S/C13H18BrNO4S/c1-9-12(14)5-10(8-16)6-13(9)20(17,18)15-4-3-11(7-15)19-2/h5-6,11,16H,3-4,7-8H2,1-2H3. The molecule has 0 aromatic heterocycles. The SMILES string of the molecule is COC1CCN(S(=O)(=O)c2cc(CO)cc(Br)c2C)C1. The molecule has 0 amide bonds. The van der Waals surface area contributed by atoms with Gasteiger partial charge in [-0.25, -0.2) is 8.42 Å². The highest BCUT2D eigenvalue weighted by Gasteiger charge is 2.33. The number of aliphatic hydroxyl groups excluding tert-OH is 1. The van der Waals surface area contributed by atoms with E-state index in [-0.39, 0.29) is 17.6 Å². The van der Waals surface area contributed by atoms with Crippen molar-refractivity contribution in [2.24, 2.45) is 0 Å². The number of rotatable bonds is 4. The second-order valence-electron chi connectivity index (χ2n) is 4.87. The summed E-state index contributed by atoms with van der Waals surface area (Å²) in [4.78, 5) is 0.243. The van der Waals surface area contributed by atoms with Crippen LogP contribution in [-0.4, -0.2) is 44.1 Å². The van der Waals surface area contributed by atoms with Crippen molar-refractivity contribution < 1.29 is 18.3 Å². The minimum atomic E-state index is -3.56. The van der Waals surface area contributed by atoms with Crippen molar-refractivity contribution in [3.8, 4) is 0 Å². The van der Waals surface area contributed by atoms with Gasteiger partial charge in [0.05, 0.1) is 17.6 Å². The molecule has 0 aliphatic carbocycles. The van der Waals surface area contributed by atoms with Gasteiger partial charge >= 0.3 is 0 Å². The highest BCUT2D eigenvalue weighted by Crippen LogP contribution is 2.30. The molecule has 1 aromatic rings. The maximum atomic E-state index is 12.7. The van der Waals surface area contributed by atoms with Crippen molar-refractivity contribution in [2.75, 3.05) is 20.2 Å². The Hall–Kier alpha value is -0.470. The highest BCUT2D eigenvalue weighted by molar-refractivity contribution is 9.10. The van der Waals surface area contributed by atoms with E-state index in [1.54, 1.807) is 20.1 Å². The Kier molecular flexibility index (Phi) is 4.86. The lowest BCUT2D eigenvalue weighted by Crippen LogP contribution is -2.30. The monoisotopic (exact) mass is 363 g/mol. The lowest BCUT2D eigenvalue weighted by atomic mass is 10.2. The van der Waals surface area contributed by atoms with Crippen molar-refractivity contribution in [3.63, 3.8) is 0 Å². The Labute approximate surface area is 127 Å².